The number of pyridine rings is 1. The molecular formula is C22H21N3O4S. The summed E-state index contributed by atoms with van der Waals surface area (Å²) in [6.45, 7) is 5.65. The lowest BCUT2D eigenvalue weighted by Crippen LogP contribution is -2.34. The molecule has 0 unspecified atom stereocenters. The molecule has 30 heavy (non-hydrogen) atoms. The number of carbonyl (C=O) groups excluding carboxylic acids is 1. The number of rotatable bonds is 3. The van der Waals surface area contributed by atoms with Gasteiger partial charge in [-0.3, -0.25) is 9.78 Å². The van der Waals surface area contributed by atoms with Gasteiger partial charge in [0.1, 0.15) is 4.90 Å². The Morgan fingerprint density at radius 2 is 1.63 bits per heavy atom. The maximum atomic E-state index is 13.6. The molecule has 0 amide bonds. The molecule has 4 aromatic rings. The first-order valence-electron chi connectivity index (χ1n) is 9.46. The van der Waals surface area contributed by atoms with E-state index in [4.69, 9.17) is 0 Å². The molecule has 0 spiro atoms. The third-order valence-corrected chi connectivity index (χ3v) is 6.47. The van der Waals surface area contributed by atoms with Crippen molar-refractivity contribution in [3.63, 3.8) is 0 Å². The molecule has 154 valence electrons. The van der Waals surface area contributed by atoms with Crippen LogP contribution in [0.3, 0.4) is 0 Å². The number of para-hydroxylation sites is 3. The van der Waals surface area contributed by atoms with Gasteiger partial charge in [0, 0.05) is 18.0 Å². The monoisotopic (exact) mass is 423 g/mol. The first-order chi connectivity index (χ1) is 14.1. The highest BCUT2D eigenvalue weighted by atomic mass is 32.2. The average molecular weight is 423 g/mol. The molecule has 0 aliphatic rings. The van der Waals surface area contributed by atoms with Gasteiger partial charge in [-0.05, 0) is 29.7 Å². The van der Waals surface area contributed by atoms with E-state index < -0.39 is 21.6 Å². The summed E-state index contributed by atoms with van der Waals surface area (Å²) in [5, 5.41) is 0.638. The number of aromatic nitrogens is 3. The highest BCUT2D eigenvalue weighted by Crippen LogP contribution is 2.26. The highest BCUT2D eigenvalue weighted by molar-refractivity contribution is 7.90. The van der Waals surface area contributed by atoms with E-state index in [0.717, 1.165) is 4.57 Å². The number of nitrogens with zero attached hydrogens (tertiary/aromatic N) is 3. The fraction of sp³-hybridized carbons (Fsp3) is 0.227. The fourth-order valence-corrected chi connectivity index (χ4v) is 5.07. The molecule has 0 bridgehead atoms. The van der Waals surface area contributed by atoms with Crippen molar-refractivity contribution in [2.45, 2.75) is 32.1 Å². The van der Waals surface area contributed by atoms with Gasteiger partial charge in [0.25, 0.3) is 10.0 Å². The minimum absolute atomic E-state index is 0.0890. The maximum absolute atomic E-state index is 13.6. The van der Waals surface area contributed by atoms with Crippen LogP contribution in [0.25, 0.3) is 21.9 Å². The summed E-state index contributed by atoms with van der Waals surface area (Å²) in [7, 11) is -4.31. The van der Waals surface area contributed by atoms with Crippen molar-refractivity contribution in [1.29, 1.82) is 0 Å². The van der Waals surface area contributed by atoms with Gasteiger partial charge in [0.2, 0.25) is 5.91 Å². The molecule has 0 aliphatic heterocycles. The zero-order valence-corrected chi connectivity index (χ0v) is 17.7. The van der Waals surface area contributed by atoms with Crippen LogP contribution < -0.4 is 5.69 Å². The summed E-state index contributed by atoms with van der Waals surface area (Å²) < 4.78 is 28.9. The van der Waals surface area contributed by atoms with Crippen molar-refractivity contribution in [2.75, 3.05) is 0 Å². The molecule has 2 aromatic carbocycles. The van der Waals surface area contributed by atoms with Gasteiger partial charge >= 0.3 is 5.69 Å². The highest BCUT2D eigenvalue weighted by Gasteiger charge is 2.30. The Bertz CT molecular complexity index is 1450. The molecule has 0 atom stereocenters. The molecule has 0 saturated heterocycles. The Hall–Kier alpha value is -3.26. The Morgan fingerprint density at radius 1 is 0.967 bits per heavy atom. The molecule has 2 aromatic heterocycles. The molecule has 0 aliphatic carbocycles. The first-order valence-corrected chi connectivity index (χ1v) is 10.9. The zero-order valence-electron chi connectivity index (χ0n) is 16.9. The van der Waals surface area contributed by atoms with Crippen LogP contribution >= 0.6 is 0 Å². The third kappa shape index (κ3) is 3.23. The number of carbonyl (C=O) groups is 1. The van der Waals surface area contributed by atoms with E-state index in [9.17, 15) is 18.0 Å². The minimum Gasteiger partial charge on any atom is -0.274 e. The van der Waals surface area contributed by atoms with Gasteiger partial charge in [0.05, 0.1) is 16.6 Å². The van der Waals surface area contributed by atoms with Gasteiger partial charge in [-0.1, -0.05) is 51.1 Å². The fourth-order valence-electron chi connectivity index (χ4n) is 3.51. The summed E-state index contributed by atoms with van der Waals surface area (Å²) in [5.74, 6) is -0.450. The van der Waals surface area contributed by atoms with E-state index in [1.54, 1.807) is 42.5 Å². The molecule has 0 radical (unpaired) electrons. The van der Waals surface area contributed by atoms with E-state index >= 15 is 0 Å². The Labute approximate surface area is 173 Å². The van der Waals surface area contributed by atoms with Crippen LogP contribution in [0.5, 0.6) is 0 Å². The lowest BCUT2D eigenvalue weighted by Gasteiger charge is -2.16. The van der Waals surface area contributed by atoms with Crippen molar-refractivity contribution < 1.29 is 13.2 Å². The van der Waals surface area contributed by atoms with Crippen molar-refractivity contribution in [3.05, 3.63) is 71.3 Å². The number of fused-ring (bicyclic) bond motifs is 2. The van der Waals surface area contributed by atoms with E-state index in [0.29, 0.717) is 9.36 Å². The number of hydrogen-bond donors (Lipinski definition) is 0. The Morgan fingerprint density at radius 3 is 2.33 bits per heavy atom. The van der Waals surface area contributed by atoms with E-state index in [1.165, 1.54) is 18.3 Å². The van der Waals surface area contributed by atoms with Crippen LogP contribution in [0.15, 0.2) is 70.5 Å². The Balaban J connectivity index is 2.03. The average Bonchev–Trinajstić information content (AvgIpc) is 2.98. The second-order valence-corrected chi connectivity index (χ2v) is 10.1. The maximum Gasteiger partial charge on any atom is 0.350 e. The van der Waals surface area contributed by atoms with E-state index in [-0.39, 0.29) is 33.3 Å². The molecule has 2 heterocycles. The second kappa shape index (κ2) is 6.91. The molecule has 0 N–H and O–H groups in total. The van der Waals surface area contributed by atoms with E-state index in [1.807, 2.05) is 20.8 Å². The van der Waals surface area contributed by atoms with Crippen molar-refractivity contribution >= 4 is 37.9 Å². The van der Waals surface area contributed by atoms with Crippen LogP contribution in [-0.2, 0) is 10.0 Å². The topological polar surface area (TPSA) is 91.0 Å². The second-order valence-electron chi connectivity index (χ2n) is 8.34. The molecule has 7 nitrogen and oxygen atoms in total. The van der Waals surface area contributed by atoms with Crippen molar-refractivity contribution in [1.82, 2.24) is 13.5 Å². The largest absolute Gasteiger partial charge is 0.350 e. The minimum atomic E-state index is -4.31. The molecule has 0 fully saturated rings. The summed E-state index contributed by atoms with van der Waals surface area (Å²) >= 11 is 0. The lowest BCUT2D eigenvalue weighted by atomic mass is 9.92. The molecule has 8 heteroatoms. The van der Waals surface area contributed by atoms with Crippen molar-refractivity contribution in [3.8, 4) is 0 Å². The van der Waals surface area contributed by atoms with E-state index in [2.05, 4.69) is 4.98 Å². The predicted molar refractivity (Wildman–Crippen MR) is 115 cm³/mol. The summed E-state index contributed by atoms with van der Waals surface area (Å²) in [5.41, 5.74) is -0.590. The summed E-state index contributed by atoms with van der Waals surface area (Å²) in [4.78, 5) is 30.3. The van der Waals surface area contributed by atoms with Crippen LogP contribution in [0.1, 0.15) is 32.0 Å². The smallest absolute Gasteiger partial charge is 0.274 e. The SMILES string of the molecule is CC(C)(C)CC(=O)n1c(=O)n(S(=O)(=O)c2cccc3cccnc23)c2ccccc21. The third-order valence-electron chi connectivity index (χ3n) is 4.75. The zero-order chi connectivity index (χ0) is 21.7. The predicted octanol–water partition coefficient (Wildman–Crippen LogP) is 3.66. The van der Waals surface area contributed by atoms with Crippen LogP contribution in [0, 0.1) is 5.41 Å². The first kappa shape index (κ1) is 20.0. The summed E-state index contributed by atoms with van der Waals surface area (Å²) in [6.07, 6.45) is 1.59. The normalized spacial score (nSPS) is 12.5. The number of benzene rings is 2. The van der Waals surface area contributed by atoms with Gasteiger partial charge in [-0.25, -0.2) is 17.8 Å². The molecule has 0 saturated carbocycles. The van der Waals surface area contributed by atoms with Gasteiger partial charge in [-0.2, -0.15) is 3.97 Å². The molecule has 4 rings (SSSR count). The number of imidazole rings is 1. The lowest BCUT2D eigenvalue weighted by molar-refractivity contribution is 0.0857. The molecular weight excluding hydrogens is 402 g/mol. The number of hydrogen-bond acceptors (Lipinski definition) is 5. The van der Waals surface area contributed by atoms with Gasteiger partial charge in [-0.15, -0.1) is 0 Å². The quantitative estimate of drug-likeness (QED) is 0.501. The van der Waals surface area contributed by atoms with Gasteiger partial charge in [0.15, 0.2) is 0 Å². The van der Waals surface area contributed by atoms with Crippen LogP contribution in [0.4, 0.5) is 0 Å². The standard InChI is InChI=1S/C22H21N3O4S/c1-22(2,3)14-19(26)24-16-10-4-5-11-17(16)25(21(24)27)30(28,29)18-12-6-8-15-9-7-13-23-20(15)18/h4-13H,14H2,1-3H3. The van der Waals surface area contributed by atoms with Crippen molar-refractivity contribution in [2.24, 2.45) is 5.41 Å². The summed E-state index contributed by atoms with van der Waals surface area (Å²) in [6, 6.07) is 14.6. The van der Waals surface area contributed by atoms with Crippen LogP contribution in [-0.4, -0.2) is 27.8 Å². The Kier molecular flexibility index (Phi) is 4.62. The van der Waals surface area contributed by atoms with Gasteiger partial charge < -0.3 is 0 Å². The van der Waals surface area contributed by atoms with Crippen LogP contribution in [0.2, 0.25) is 0 Å².